The molecule has 0 atom stereocenters. The summed E-state index contributed by atoms with van der Waals surface area (Å²) in [7, 11) is 1.58. The number of oxime groups is 1. The van der Waals surface area contributed by atoms with Gasteiger partial charge in [0.1, 0.15) is 7.11 Å². The molecule has 1 aromatic rings. The third-order valence-corrected chi connectivity index (χ3v) is 2.91. The predicted octanol–water partition coefficient (Wildman–Crippen LogP) is 2.20. The Bertz CT molecular complexity index is 422. The van der Waals surface area contributed by atoms with Gasteiger partial charge in [-0.3, -0.25) is 0 Å². The molecule has 15 heavy (non-hydrogen) atoms. The number of hydrogen-bond acceptors (Lipinski definition) is 3. The molecule has 0 unspecified atom stereocenters. The fraction of sp³-hybridized carbons (Fsp3) is 0.417. The van der Waals surface area contributed by atoms with E-state index in [9.17, 15) is 0 Å². The number of anilines is 1. The van der Waals surface area contributed by atoms with Crippen molar-refractivity contribution in [2.45, 2.75) is 20.3 Å². The van der Waals surface area contributed by atoms with Crippen molar-refractivity contribution in [1.82, 2.24) is 0 Å². The summed E-state index contributed by atoms with van der Waals surface area (Å²) in [4.78, 5) is 4.91. The van der Waals surface area contributed by atoms with Crippen LogP contribution in [0.15, 0.2) is 23.4 Å². The van der Waals surface area contributed by atoms with Crippen molar-refractivity contribution < 1.29 is 4.84 Å². The van der Waals surface area contributed by atoms with Gasteiger partial charge in [0.2, 0.25) is 0 Å². The molecule has 0 saturated carbocycles. The number of nitrogens with zero attached hydrogens (tertiary/aromatic N) is 1. The highest BCUT2D eigenvalue weighted by Crippen LogP contribution is 2.39. The van der Waals surface area contributed by atoms with E-state index in [2.05, 4.69) is 25.1 Å². The fourth-order valence-corrected chi connectivity index (χ4v) is 2.18. The number of hydrogen-bond donors (Lipinski definition) is 1. The molecule has 2 N–H and O–H groups in total. The molecule has 0 radical (unpaired) electrons. The van der Waals surface area contributed by atoms with E-state index in [1.54, 1.807) is 7.11 Å². The number of nitrogens with two attached hydrogens (primary N) is 1. The second-order valence-electron chi connectivity index (χ2n) is 4.56. The minimum atomic E-state index is 0.00775. The van der Waals surface area contributed by atoms with Crippen molar-refractivity contribution in [3.63, 3.8) is 0 Å². The maximum absolute atomic E-state index is 5.96. The third kappa shape index (κ3) is 1.48. The van der Waals surface area contributed by atoms with E-state index < -0.39 is 0 Å². The molecule has 80 valence electrons. The summed E-state index contributed by atoms with van der Waals surface area (Å²) in [5.41, 5.74) is 10.1. The van der Waals surface area contributed by atoms with Gasteiger partial charge in [-0.1, -0.05) is 31.1 Å². The van der Waals surface area contributed by atoms with Crippen LogP contribution in [0.4, 0.5) is 5.69 Å². The quantitative estimate of drug-likeness (QED) is 0.563. The number of nitrogen functional groups attached to an aromatic ring is 1. The van der Waals surface area contributed by atoms with Gasteiger partial charge in [0.15, 0.2) is 0 Å². The van der Waals surface area contributed by atoms with Crippen LogP contribution in [0.5, 0.6) is 0 Å². The lowest BCUT2D eigenvalue weighted by Gasteiger charge is -2.17. The first-order valence-electron chi connectivity index (χ1n) is 5.05. The highest BCUT2D eigenvalue weighted by Gasteiger charge is 2.37. The van der Waals surface area contributed by atoms with E-state index >= 15 is 0 Å². The Hall–Kier alpha value is -1.51. The van der Waals surface area contributed by atoms with Crippen LogP contribution in [0.1, 0.15) is 25.0 Å². The van der Waals surface area contributed by atoms with Gasteiger partial charge in [-0.2, -0.15) is 0 Å². The average molecular weight is 204 g/mol. The minimum absolute atomic E-state index is 0.00775. The van der Waals surface area contributed by atoms with E-state index in [1.807, 2.05) is 12.1 Å². The van der Waals surface area contributed by atoms with Crippen LogP contribution in [0, 0.1) is 5.41 Å². The summed E-state index contributed by atoms with van der Waals surface area (Å²) in [5, 5.41) is 4.12. The van der Waals surface area contributed by atoms with E-state index in [4.69, 9.17) is 10.6 Å². The molecule has 1 aliphatic carbocycles. The highest BCUT2D eigenvalue weighted by molar-refractivity contribution is 6.09. The molecule has 1 aromatic carbocycles. The van der Waals surface area contributed by atoms with Gasteiger partial charge >= 0.3 is 0 Å². The van der Waals surface area contributed by atoms with Gasteiger partial charge in [0.05, 0.1) is 5.71 Å². The average Bonchev–Trinajstić information content (AvgIpc) is 2.42. The zero-order chi connectivity index (χ0) is 11.1. The SMILES string of the molecule is CO/N=C1\c2cccc(N)c2CC1(C)C. The van der Waals surface area contributed by atoms with E-state index in [0.29, 0.717) is 0 Å². The predicted molar refractivity (Wildman–Crippen MR) is 61.9 cm³/mol. The van der Waals surface area contributed by atoms with Crippen molar-refractivity contribution in [3.8, 4) is 0 Å². The Morgan fingerprint density at radius 3 is 2.80 bits per heavy atom. The minimum Gasteiger partial charge on any atom is -0.399 e. The molecule has 1 aliphatic rings. The van der Waals surface area contributed by atoms with Gasteiger partial charge in [-0.15, -0.1) is 0 Å². The number of benzene rings is 1. The molecule has 3 nitrogen and oxygen atoms in total. The highest BCUT2D eigenvalue weighted by atomic mass is 16.6. The summed E-state index contributed by atoms with van der Waals surface area (Å²) in [6.45, 7) is 4.31. The largest absolute Gasteiger partial charge is 0.399 e. The molecule has 0 aromatic heterocycles. The molecule has 0 heterocycles. The second-order valence-corrected chi connectivity index (χ2v) is 4.56. The lowest BCUT2D eigenvalue weighted by Crippen LogP contribution is -2.20. The summed E-state index contributed by atoms with van der Waals surface area (Å²) in [6.07, 6.45) is 0.928. The van der Waals surface area contributed by atoms with Crippen LogP contribution < -0.4 is 5.73 Å². The van der Waals surface area contributed by atoms with Crippen LogP contribution >= 0.6 is 0 Å². The van der Waals surface area contributed by atoms with Crippen molar-refractivity contribution in [1.29, 1.82) is 0 Å². The monoisotopic (exact) mass is 204 g/mol. The Kier molecular flexibility index (Phi) is 2.18. The van der Waals surface area contributed by atoms with Crippen molar-refractivity contribution in [2.75, 3.05) is 12.8 Å². The zero-order valence-corrected chi connectivity index (χ0v) is 9.37. The van der Waals surface area contributed by atoms with Crippen LogP contribution in [-0.4, -0.2) is 12.8 Å². The summed E-state index contributed by atoms with van der Waals surface area (Å²) in [5.74, 6) is 0. The molecule has 3 heteroatoms. The molecule has 0 bridgehead atoms. The van der Waals surface area contributed by atoms with Gasteiger partial charge in [-0.05, 0) is 18.1 Å². The molecule has 0 amide bonds. The lowest BCUT2D eigenvalue weighted by molar-refractivity contribution is 0.209. The van der Waals surface area contributed by atoms with Gasteiger partial charge in [0.25, 0.3) is 0 Å². The molecule has 0 fully saturated rings. The van der Waals surface area contributed by atoms with Crippen LogP contribution in [0.2, 0.25) is 0 Å². The van der Waals surface area contributed by atoms with Gasteiger partial charge in [-0.25, -0.2) is 0 Å². The molecule has 0 saturated heterocycles. The number of rotatable bonds is 1. The molecular formula is C12H16N2O. The number of fused-ring (bicyclic) bond motifs is 1. The van der Waals surface area contributed by atoms with Crippen molar-refractivity contribution >= 4 is 11.4 Å². The van der Waals surface area contributed by atoms with Crippen molar-refractivity contribution in [3.05, 3.63) is 29.3 Å². The Morgan fingerprint density at radius 1 is 1.40 bits per heavy atom. The standard InChI is InChI=1S/C12H16N2O/c1-12(2)7-9-8(11(12)14-15-3)5-4-6-10(9)13/h4-6H,7,13H2,1-3H3/b14-11+. The zero-order valence-electron chi connectivity index (χ0n) is 9.37. The molecule has 2 rings (SSSR count). The normalized spacial score (nSPS) is 20.3. The molecule has 0 aliphatic heterocycles. The van der Waals surface area contributed by atoms with E-state index in [-0.39, 0.29) is 5.41 Å². The smallest absolute Gasteiger partial charge is 0.106 e. The van der Waals surface area contributed by atoms with Crippen molar-refractivity contribution in [2.24, 2.45) is 10.6 Å². The summed E-state index contributed by atoms with van der Waals surface area (Å²) >= 11 is 0. The maximum atomic E-state index is 5.96. The Morgan fingerprint density at radius 2 is 2.13 bits per heavy atom. The first-order valence-corrected chi connectivity index (χ1v) is 5.05. The summed E-state index contributed by atoms with van der Waals surface area (Å²) in [6, 6.07) is 5.95. The molecular weight excluding hydrogens is 188 g/mol. The topological polar surface area (TPSA) is 47.6 Å². The van der Waals surface area contributed by atoms with E-state index in [0.717, 1.165) is 23.4 Å². The second kappa shape index (κ2) is 3.26. The third-order valence-electron chi connectivity index (χ3n) is 2.91. The fourth-order valence-electron chi connectivity index (χ4n) is 2.18. The first kappa shape index (κ1) is 10.0. The Labute approximate surface area is 89.9 Å². The lowest BCUT2D eigenvalue weighted by atomic mass is 9.88. The maximum Gasteiger partial charge on any atom is 0.106 e. The van der Waals surface area contributed by atoms with Crippen LogP contribution in [-0.2, 0) is 11.3 Å². The molecule has 0 spiro atoms. The summed E-state index contributed by atoms with van der Waals surface area (Å²) < 4.78 is 0. The first-order chi connectivity index (χ1) is 7.06. The van der Waals surface area contributed by atoms with Gasteiger partial charge in [0, 0.05) is 16.7 Å². The Balaban J connectivity index is 2.60. The van der Waals surface area contributed by atoms with Crippen LogP contribution in [0.25, 0.3) is 0 Å². The van der Waals surface area contributed by atoms with Gasteiger partial charge < -0.3 is 10.6 Å². The van der Waals surface area contributed by atoms with Crippen LogP contribution in [0.3, 0.4) is 0 Å². The van der Waals surface area contributed by atoms with E-state index in [1.165, 1.54) is 5.56 Å².